The number of carbonyl (C=O) groups excluding carboxylic acids is 1. The van der Waals surface area contributed by atoms with Crippen LogP contribution in [0, 0.1) is 0 Å². The molecule has 0 radical (unpaired) electrons. The summed E-state index contributed by atoms with van der Waals surface area (Å²) >= 11 is 0. The van der Waals surface area contributed by atoms with Gasteiger partial charge in [-0.25, -0.2) is 4.98 Å². The maximum atomic E-state index is 12.1. The van der Waals surface area contributed by atoms with E-state index < -0.39 is 0 Å². The van der Waals surface area contributed by atoms with E-state index >= 15 is 0 Å². The van der Waals surface area contributed by atoms with Gasteiger partial charge in [-0.05, 0) is 43.9 Å². The molecule has 1 saturated carbocycles. The number of para-hydroxylation sites is 1. The van der Waals surface area contributed by atoms with Crippen molar-refractivity contribution < 1.29 is 9.53 Å². The third-order valence-electron chi connectivity index (χ3n) is 4.64. The second kappa shape index (κ2) is 9.21. The van der Waals surface area contributed by atoms with Crippen LogP contribution >= 0.6 is 0 Å². The molecule has 144 valence electrons. The number of benzene rings is 1. The number of rotatable bonds is 7. The van der Waals surface area contributed by atoms with Crippen LogP contribution in [0.5, 0.6) is 5.75 Å². The van der Waals surface area contributed by atoms with Gasteiger partial charge in [0.25, 0.3) is 5.91 Å². The molecule has 27 heavy (non-hydrogen) atoms. The Morgan fingerprint density at radius 2 is 1.81 bits per heavy atom. The van der Waals surface area contributed by atoms with Gasteiger partial charge in [0.15, 0.2) is 6.61 Å². The summed E-state index contributed by atoms with van der Waals surface area (Å²) in [4.78, 5) is 22.8. The molecular weight excluding hydrogens is 342 g/mol. The Labute approximate surface area is 160 Å². The number of hydrogen-bond acceptors (Lipinski definition) is 6. The number of ether oxygens (including phenoxy) is 1. The van der Waals surface area contributed by atoms with Crippen molar-refractivity contribution in [2.75, 3.05) is 30.9 Å². The van der Waals surface area contributed by atoms with Gasteiger partial charge in [0.05, 0.1) is 0 Å². The number of hydrogen-bond donors (Lipinski definition) is 2. The van der Waals surface area contributed by atoms with Gasteiger partial charge in [0.1, 0.15) is 11.6 Å². The second-order valence-corrected chi connectivity index (χ2v) is 7.00. The SMILES string of the molecule is CN(C)c1ccnc(NC2CCC(NC(=O)COc3ccccc3)CC2)n1. The van der Waals surface area contributed by atoms with Crippen molar-refractivity contribution in [2.24, 2.45) is 0 Å². The summed E-state index contributed by atoms with van der Waals surface area (Å²) < 4.78 is 5.50. The predicted octanol–water partition coefficient (Wildman–Crippen LogP) is 2.46. The molecule has 1 aliphatic rings. The average Bonchev–Trinajstić information content (AvgIpc) is 2.69. The van der Waals surface area contributed by atoms with Crippen LogP contribution in [0.3, 0.4) is 0 Å². The molecule has 1 aromatic heterocycles. The highest BCUT2D eigenvalue weighted by Gasteiger charge is 2.23. The molecular formula is C20H27N5O2. The molecule has 2 N–H and O–H groups in total. The maximum Gasteiger partial charge on any atom is 0.258 e. The molecule has 1 aliphatic carbocycles. The van der Waals surface area contributed by atoms with Gasteiger partial charge in [-0.15, -0.1) is 0 Å². The molecule has 1 heterocycles. The quantitative estimate of drug-likeness (QED) is 0.780. The topological polar surface area (TPSA) is 79.4 Å². The normalized spacial score (nSPS) is 19.2. The Balaban J connectivity index is 1.39. The average molecular weight is 369 g/mol. The molecule has 2 aromatic rings. The molecule has 7 nitrogen and oxygen atoms in total. The fourth-order valence-electron chi connectivity index (χ4n) is 3.17. The number of carbonyl (C=O) groups is 1. The summed E-state index contributed by atoms with van der Waals surface area (Å²) in [5, 5.41) is 6.48. The number of anilines is 2. The monoisotopic (exact) mass is 369 g/mol. The van der Waals surface area contributed by atoms with E-state index in [4.69, 9.17) is 4.74 Å². The summed E-state index contributed by atoms with van der Waals surface area (Å²) in [7, 11) is 3.92. The first-order valence-corrected chi connectivity index (χ1v) is 9.34. The summed E-state index contributed by atoms with van der Waals surface area (Å²) in [6, 6.07) is 11.8. The van der Waals surface area contributed by atoms with E-state index in [0.29, 0.717) is 17.7 Å². The number of nitrogens with zero attached hydrogens (tertiary/aromatic N) is 3. The zero-order valence-electron chi connectivity index (χ0n) is 15.9. The van der Waals surface area contributed by atoms with Crippen LogP contribution < -0.4 is 20.3 Å². The molecule has 0 aliphatic heterocycles. The minimum atomic E-state index is -0.0720. The van der Waals surface area contributed by atoms with Gasteiger partial charge in [0.2, 0.25) is 5.95 Å². The Morgan fingerprint density at radius 3 is 2.52 bits per heavy atom. The van der Waals surface area contributed by atoms with Crippen molar-refractivity contribution in [3.63, 3.8) is 0 Å². The minimum absolute atomic E-state index is 0.0490. The highest BCUT2D eigenvalue weighted by molar-refractivity contribution is 5.77. The predicted molar refractivity (Wildman–Crippen MR) is 106 cm³/mol. The molecule has 0 bridgehead atoms. The maximum absolute atomic E-state index is 12.1. The van der Waals surface area contributed by atoms with Crippen LogP contribution in [0.1, 0.15) is 25.7 Å². The van der Waals surface area contributed by atoms with Crippen LogP contribution in [0.25, 0.3) is 0 Å². The Bertz CT molecular complexity index is 730. The van der Waals surface area contributed by atoms with Gasteiger partial charge < -0.3 is 20.3 Å². The van der Waals surface area contributed by atoms with Gasteiger partial charge in [-0.1, -0.05) is 18.2 Å². The Hall–Kier alpha value is -2.83. The molecule has 0 spiro atoms. The van der Waals surface area contributed by atoms with Crippen LogP contribution in [0.15, 0.2) is 42.6 Å². The molecule has 0 atom stereocenters. The van der Waals surface area contributed by atoms with Gasteiger partial charge in [-0.3, -0.25) is 4.79 Å². The zero-order valence-corrected chi connectivity index (χ0v) is 15.9. The van der Waals surface area contributed by atoms with E-state index in [0.717, 1.165) is 31.5 Å². The number of amides is 1. The van der Waals surface area contributed by atoms with Crippen molar-refractivity contribution in [3.8, 4) is 5.75 Å². The van der Waals surface area contributed by atoms with Gasteiger partial charge in [-0.2, -0.15) is 4.98 Å². The van der Waals surface area contributed by atoms with E-state index in [1.807, 2.05) is 55.4 Å². The van der Waals surface area contributed by atoms with E-state index in [1.54, 1.807) is 6.20 Å². The number of aromatic nitrogens is 2. The largest absolute Gasteiger partial charge is 0.484 e. The van der Waals surface area contributed by atoms with E-state index in [9.17, 15) is 4.79 Å². The third kappa shape index (κ3) is 5.84. The summed E-state index contributed by atoms with van der Waals surface area (Å²) in [6.45, 7) is 0.0490. The zero-order chi connectivity index (χ0) is 19.1. The van der Waals surface area contributed by atoms with Crippen LogP contribution in [-0.2, 0) is 4.79 Å². The van der Waals surface area contributed by atoms with Gasteiger partial charge in [0, 0.05) is 32.4 Å². The van der Waals surface area contributed by atoms with Crippen LogP contribution in [0.4, 0.5) is 11.8 Å². The lowest BCUT2D eigenvalue weighted by Gasteiger charge is -2.29. The summed E-state index contributed by atoms with van der Waals surface area (Å²) in [6.07, 6.45) is 5.58. The standard InChI is InChI=1S/C20H27N5O2/c1-25(2)18-12-13-21-20(24-18)23-16-10-8-15(9-11-16)22-19(26)14-27-17-6-4-3-5-7-17/h3-7,12-13,15-16H,8-11,14H2,1-2H3,(H,22,26)(H,21,23,24). The number of nitrogens with one attached hydrogen (secondary N) is 2. The summed E-state index contributed by atoms with van der Waals surface area (Å²) in [5.74, 6) is 2.18. The fourth-order valence-corrected chi connectivity index (χ4v) is 3.17. The van der Waals surface area contributed by atoms with E-state index in [2.05, 4.69) is 20.6 Å². The highest BCUT2D eigenvalue weighted by Crippen LogP contribution is 2.21. The molecule has 1 aromatic carbocycles. The van der Waals surface area contributed by atoms with Crippen LogP contribution in [-0.4, -0.2) is 48.7 Å². The second-order valence-electron chi connectivity index (χ2n) is 7.00. The van der Waals surface area contributed by atoms with Crippen molar-refractivity contribution in [2.45, 2.75) is 37.8 Å². The lowest BCUT2D eigenvalue weighted by Crippen LogP contribution is -2.42. The lowest BCUT2D eigenvalue weighted by atomic mass is 9.91. The molecule has 7 heteroatoms. The van der Waals surface area contributed by atoms with E-state index in [-0.39, 0.29) is 18.6 Å². The fraction of sp³-hybridized carbons (Fsp3) is 0.450. The molecule has 0 unspecified atom stereocenters. The molecule has 1 amide bonds. The smallest absolute Gasteiger partial charge is 0.258 e. The van der Waals surface area contributed by atoms with Crippen molar-refractivity contribution in [1.82, 2.24) is 15.3 Å². The van der Waals surface area contributed by atoms with Crippen molar-refractivity contribution in [1.29, 1.82) is 0 Å². The Kier molecular flexibility index (Phi) is 6.46. The third-order valence-corrected chi connectivity index (χ3v) is 4.64. The molecule has 3 rings (SSSR count). The van der Waals surface area contributed by atoms with Crippen molar-refractivity contribution >= 4 is 17.7 Å². The van der Waals surface area contributed by atoms with Crippen LogP contribution in [0.2, 0.25) is 0 Å². The van der Waals surface area contributed by atoms with E-state index in [1.165, 1.54) is 0 Å². The first kappa shape index (κ1) is 18.9. The lowest BCUT2D eigenvalue weighted by molar-refractivity contribution is -0.124. The van der Waals surface area contributed by atoms with Gasteiger partial charge >= 0.3 is 0 Å². The molecule has 1 fully saturated rings. The molecule has 0 saturated heterocycles. The summed E-state index contributed by atoms with van der Waals surface area (Å²) in [5.41, 5.74) is 0. The minimum Gasteiger partial charge on any atom is -0.484 e. The Morgan fingerprint density at radius 1 is 1.11 bits per heavy atom. The first-order valence-electron chi connectivity index (χ1n) is 9.34. The van der Waals surface area contributed by atoms with Crippen molar-refractivity contribution in [3.05, 3.63) is 42.6 Å². The first-order chi connectivity index (χ1) is 13.1. The highest BCUT2D eigenvalue weighted by atomic mass is 16.5.